The van der Waals surface area contributed by atoms with Crippen molar-refractivity contribution in [3.8, 4) is 0 Å². The van der Waals surface area contributed by atoms with Crippen molar-refractivity contribution < 1.29 is 4.79 Å². The summed E-state index contributed by atoms with van der Waals surface area (Å²) in [5.41, 5.74) is 13.9. The van der Waals surface area contributed by atoms with Crippen LogP contribution in [0.2, 0.25) is 0 Å². The summed E-state index contributed by atoms with van der Waals surface area (Å²) < 4.78 is 0. The van der Waals surface area contributed by atoms with Crippen molar-refractivity contribution in [1.29, 1.82) is 0 Å². The smallest absolute Gasteiger partial charge is 0.222 e. The Balaban J connectivity index is 2.46. The summed E-state index contributed by atoms with van der Waals surface area (Å²) in [6, 6.07) is 9.88. The molecule has 18 heavy (non-hydrogen) atoms. The van der Waals surface area contributed by atoms with E-state index in [4.69, 9.17) is 11.5 Å². The summed E-state index contributed by atoms with van der Waals surface area (Å²) in [5, 5.41) is 1.06. The van der Waals surface area contributed by atoms with Gasteiger partial charge in [-0.05, 0) is 31.0 Å². The standard InChI is InChI=1S/C14H17N3O/c1-9-6-10(7-11(8-15)14(16)18)12-4-2-3-5-13(12)17-9/h2-6,11H,7-8,15H2,1H3,(H2,16,18). The molecule has 0 saturated carbocycles. The molecule has 1 aromatic carbocycles. The van der Waals surface area contributed by atoms with Crippen molar-refractivity contribution >= 4 is 16.8 Å². The molecule has 0 saturated heterocycles. The molecule has 1 unspecified atom stereocenters. The summed E-state index contributed by atoms with van der Waals surface area (Å²) in [6.45, 7) is 2.21. The fraction of sp³-hybridized carbons (Fsp3) is 0.286. The molecule has 94 valence electrons. The quantitative estimate of drug-likeness (QED) is 0.845. The number of para-hydroxylation sites is 1. The first kappa shape index (κ1) is 12.5. The van der Waals surface area contributed by atoms with E-state index < -0.39 is 0 Å². The van der Waals surface area contributed by atoms with Gasteiger partial charge in [0, 0.05) is 17.6 Å². The lowest BCUT2D eigenvalue weighted by Gasteiger charge is -2.13. The van der Waals surface area contributed by atoms with Gasteiger partial charge in [-0.2, -0.15) is 0 Å². The van der Waals surface area contributed by atoms with Crippen LogP contribution in [0.3, 0.4) is 0 Å². The number of nitrogens with two attached hydrogens (primary N) is 2. The van der Waals surface area contributed by atoms with E-state index in [9.17, 15) is 4.79 Å². The zero-order valence-corrected chi connectivity index (χ0v) is 10.4. The Labute approximate surface area is 106 Å². The van der Waals surface area contributed by atoms with E-state index in [2.05, 4.69) is 4.98 Å². The first-order valence-corrected chi connectivity index (χ1v) is 5.96. The highest BCUT2D eigenvalue weighted by Gasteiger charge is 2.15. The maximum Gasteiger partial charge on any atom is 0.222 e. The van der Waals surface area contributed by atoms with Crippen LogP contribution in [-0.4, -0.2) is 17.4 Å². The Morgan fingerprint density at radius 1 is 1.39 bits per heavy atom. The Kier molecular flexibility index (Phi) is 3.58. The number of primary amides is 1. The van der Waals surface area contributed by atoms with Crippen LogP contribution >= 0.6 is 0 Å². The molecule has 0 aliphatic heterocycles. The van der Waals surface area contributed by atoms with Crippen LogP contribution in [0.25, 0.3) is 10.9 Å². The summed E-state index contributed by atoms with van der Waals surface area (Å²) in [6.07, 6.45) is 0.565. The molecule has 0 fully saturated rings. The summed E-state index contributed by atoms with van der Waals surface area (Å²) >= 11 is 0. The molecule has 1 amide bonds. The molecule has 0 radical (unpaired) electrons. The highest BCUT2D eigenvalue weighted by atomic mass is 16.1. The number of hydrogen-bond acceptors (Lipinski definition) is 3. The predicted molar refractivity (Wildman–Crippen MR) is 71.9 cm³/mol. The van der Waals surface area contributed by atoms with Crippen LogP contribution in [-0.2, 0) is 11.2 Å². The summed E-state index contributed by atoms with van der Waals surface area (Å²) in [4.78, 5) is 15.7. The molecule has 0 spiro atoms. The number of aryl methyl sites for hydroxylation is 1. The van der Waals surface area contributed by atoms with Crippen molar-refractivity contribution in [2.45, 2.75) is 13.3 Å². The third-order valence-corrected chi connectivity index (χ3v) is 3.08. The lowest BCUT2D eigenvalue weighted by Crippen LogP contribution is -2.31. The molecule has 2 rings (SSSR count). The maximum atomic E-state index is 11.3. The molecule has 4 N–H and O–H groups in total. The molecule has 1 heterocycles. The number of benzene rings is 1. The number of carbonyl (C=O) groups excluding carboxylic acids is 1. The molecule has 1 aromatic heterocycles. The maximum absolute atomic E-state index is 11.3. The Hall–Kier alpha value is -1.94. The second-order valence-electron chi connectivity index (χ2n) is 4.48. The minimum atomic E-state index is -0.351. The number of pyridine rings is 1. The van der Waals surface area contributed by atoms with Gasteiger partial charge in [0.2, 0.25) is 5.91 Å². The van der Waals surface area contributed by atoms with Gasteiger partial charge in [0.15, 0.2) is 0 Å². The van der Waals surface area contributed by atoms with E-state index in [1.165, 1.54) is 0 Å². The van der Waals surface area contributed by atoms with Crippen LogP contribution in [0.5, 0.6) is 0 Å². The average Bonchev–Trinajstić information content (AvgIpc) is 2.35. The van der Waals surface area contributed by atoms with Gasteiger partial charge in [0.1, 0.15) is 0 Å². The first-order chi connectivity index (χ1) is 8.61. The van der Waals surface area contributed by atoms with Crippen LogP contribution < -0.4 is 11.5 Å². The highest BCUT2D eigenvalue weighted by Crippen LogP contribution is 2.20. The monoisotopic (exact) mass is 243 g/mol. The molecular formula is C14H17N3O. The van der Waals surface area contributed by atoms with E-state index in [1.54, 1.807) is 0 Å². The third kappa shape index (κ3) is 2.49. The van der Waals surface area contributed by atoms with Gasteiger partial charge in [-0.3, -0.25) is 9.78 Å². The molecule has 4 nitrogen and oxygen atoms in total. The lowest BCUT2D eigenvalue weighted by molar-refractivity contribution is -0.121. The number of fused-ring (bicyclic) bond motifs is 1. The summed E-state index contributed by atoms with van der Waals surface area (Å²) in [7, 11) is 0. The van der Waals surface area contributed by atoms with Crippen LogP contribution in [0.15, 0.2) is 30.3 Å². The Bertz CT molecular complexity index is 580. The highest BCUT2D eigenvalue weighted by molar-refractivity contribution is 5.84. The number of nitrogens with zero attached hydrogens (tertiary/aromatic N) is 1. The summed E-state index contributed by atoms with van der Waals surface area (Å²) in [5.74, 6) is -0.675. The van der Waals surface area contributed by atoms with Gasteiger partial charge in [0.25, 0.3) is 0 Å². The zero-order chi connectivity index (χ0) is 13.1. The fourth-order valence-corrected chi connectivity index (χ4v) is 2.13. The van der Waals surface area contributed by atoms with Crippen molar-refractivity contribution in [1.82, 2.24) is 4.98 Å². The van der Waals surface area contributed by atoms with Crippen molar-refractivity contribution in [3.05, 3.63) is 41.6 Å². The largest absolute Gasteiger partial charge is 0.369 e. The van der Waals surface area contributed by atoms with E-state index in [0.29, 0.717) is 6.42 Å². The minimum absolute atomic E-state index is 0.269. The third-order valence-electron chi connectivity index (χ3n) is 3.08. The second-order valence-corrected chi connectivity index (χ2v) is 4.48. The van der Waals surface area contributed by atoms with E-state index in [1.807, 2.05) is 37.3 Å². The van der Waals surface area contributed by atoms with Gasteiger partial charge in [0.05, 0.1) is 11.4 Å². The zero-order valence-electron chi connectivity index (χ0n) is 10.4. The van der Waals surface area contributed by atoms with E-state index in [-0.39, 0.29) is 18.4 Å². The van der Waals surface area contributed by atoms with Crippen molar-refractivity contribution in [3.63, 3.8) is 0 Å². The van der Waals surface area contributed by atoms with Crippen LogP contribution in [0, 0.1) is 12.8 Å². The molecule has 4 heteroatoms. The molecular weight excluding hydrogens is 226 g/mol. The van der Waals surface area contributed by atoms with Crippen molar-refractivity contribution in [2.75, 3.05) is 6.54 Å². The number of hydrogen-bond donors (Lipinski definition) is 2. The minimum Gasteiger partial charge on any atom is -0.369 e. The fourth-order valence-electron chi connectivity index (χ4n) is 2.13. The van der Waals surface area contributed by atoms with Crippen LogP contribution in [0.4, 0.5) is 0 Å². The molecule has 0 bridgehead atoms. The van der Waals surface area contributed by atoms with Crippen LogP contribution in [0.1, 0.15) is 11.3 Å². The lowest BCUT2D eigenvalue weighted by atomic mass is 9.95. The van der Waals surface area contributed by atoms with E-state index >= 15 is 0 Å². The van der Waals surface area contributed by atoms with Gasteiger partial charge in [-0.25, -0.2) is 0 Å². The topological polar surface area (TPSA) is 82.0 Å². The second kappa shape index (κ2) is 5.14. The average molecular weight is 243 g/mol. The number of amides is 1. The SMILES string of the molecule is Cc1cc(CC(CN)C(N)=O)c2ccccc2n1. The van der Waals surface area contributed by atoms with E-state index in [0.717, 1.165) is 22.2 Å². The first-order valence-electron chi connectivity index (χ1n) is 5.96. The Morgan fingerprint density at radius 2 is 2.11 bits per heavy atom. The predicted octanol–water partition coefficient (Wildman–Crippen LogP) is 1.15. The number of carbonyl (C=O) groups is 1. The molecule has 2 aromatic rings. The van der Waals surface area contributed by atoms with Gasteiger partial charge < -0.3 is 11.5 Å². The molecule has 0 aliphatic carbocycles. The number of aromatic nitrogens is 1. The normalized spacial score (nSPS) is 12.6. The van der Waals surface area contributed by atoms with Crippen molar-refractivity contribution in [2.24, 2.45) is 17.4 Å². The van der Waals surface area contributed by atoms with Gasteiger partial charge in [-0.1, -0.05) is 18.2 Å². The van der Waals surface area contributed by atoms with Gasteiger partial charge in [-0.15, -0.1) is 0 Å². The molecule has 1 atom stereocenters. The number of rotatable bonds is 4. The molecule has 0 aliphatic rings. The van der Waals surface area contributed by atoms with Gasteiger partial charge >= 0.3 is 0 Å². The Morgan fingerprint density at radius 3 is 2.78 bits per heavy atom.